The number of hydrogen-bond donors (Lipinski definition) is 1. The average molecular weight is 211 g/mol. The maximum Gasteiger partial charge on any atom is 0.100 e. The van der Waals surface area contributed by atoms with Crippen LogP contribution in [-0.4, -0.2) is 16.4 Å². The first kappa shape index (κ1) is 11.2. The average Bonchev–Trinajstić information content (AvgIpc) is 2.30. The topological polar surface area (TPSA) is 51.3 Å². The van der Waals surface area contributed by atoms with Gasteiger partial charge in [0.05, 0.1) is 16.2 Å². The number of rotatable bonds is 2. The van der Waals surface area contributed by atoms with Crippen molar-refractivity contribution in [3.05, 3.63) is 16.1 Å². The van der Waals surface area contributed by atoms with Crippen molar-refractivity contribution in [3.63, 3.8) is 0 Å². The summed E-state index contributed by atoms with van der Waals surface area (Å²) in [6.45, 7) is 8.09. The van der Waals surface area contributed by atoms with Gasteiger partial charge in [-0.25, -0.2) is 4.98 Å². The minimum Gasteiger partial charge on any atom is -0.387 e. The van der Waals surface area contributed by atoms with Crippen LogP contribution < -0.4 is 5.73 Å². The Morgan fingerprint density at radius 3 is 2.64 bits per heavy atom. The van der Waals surface area contributed by atoms with Crippen LogP contribution in [0.5, 0.6) is 0 Å². The van der Waals surface area contributed by atoms with E-state index >= 15 is 0 Å². The van der Waals surface area contributed by atoms with E-state index < -0.39 is 0 Å². The minimum absolute atomic E-state index is 0.102. The molecule has 78 valence electrons. The van der Waals surface area contributed by atoms with E-state index in [0.29, 0.717) is 12.3 Å². The van der Waals surface area contributed by atoms with E-state index in [1.807, 2.05) is 33.1 Å². The van der Waals surface area contributed by atoms with Crippen molar-refractivity contribution in [2.45, 2.75) is 39.7 Å². The molecule has 1 heterocycles. The lowest BCUT2D eigenvalue weighted by Crippen LogP contribution is -2.22. The Morgan fingerprint density at radius 1 is 1.57 bits per heavy atom. The van der Waals surface area contributed by atoms with Crippen LogP contribution in [0.1, 0.15) is 31.5 Å². The van der Waals surface area contributed by atoms with Crippen LogP contribution >= 0.6 is 11.3 Å². The smallest absolute Gasteiger partial charge is 0.100 e. The van der Waals surface area contributed by atoms with Gasteiger partial charge in [-0.2, -0.15) is 0 Å². The van der Waals surface area contributed by atoms with Crippen LogP contribution in [0.2, 0.25) is 0 Å². The molecule has 0 fully saturated rings. The molecule has 0 saturated carbocycles. The van der Waals surface area contributed by atoms with Crippen molar-refractivity contribution in [1.82, 2.24) is 4.98 Å². The standard InChI is InChI=1S/C10H17N3S/c1-7-12-8(6-14-7)5-9(11)13-10(2,3)4/h6H,5H2,1-4H3,(H2,11,13). The SMILES string of the molecule is Cc1nc(CC(N)=NC(C)(C)C)cs1. The Labute approximate surface area is 89.1 Å². The van der Waals surface area contributed by atoms with Crippen LogP contribution in [0.15, 0.2) is 10.4 Å². The zero-order valence-corrected chi connectivity index (χ0v) is 9.98. The maximum atomic E-state index is 5.82. The molecule has 0 radical (unpaired) electrons. The molecule has 0 aliphatic heterocycles. The molecule has 0 atom stereocenters. The van der Waals surface area contributed by atoms with E-state index in [4.69, 9.17) is 5.73 Å². The number of nitrogens with zero attached hydrogens (tertiary/aromatic N) is 2. The van der Waals surface area contributed by atoms with Crippen LogP contribution in [0.25, 0.3) is 0 Å². The zero-order valence-electron chi connectivity index (χ0n) is 9.16. The fourth-order valence-corrected chi connectivity index (χ4v) is 1.76. The van der Waals surface area contributed by atoms with Gasteiger partial charge in [0, 0.05) is 11.8 Å². The third-order valence-electron chi connectivity index (χ3n) is 1.51. The number of amidine groups is 1. The molecule has 0 unspecified atom stereocenters. The number of hydrogen-bond acceptors (Lipinski definition) is 3. The zero-order chi connectivity index (χ0) is 10.8. The summed E-state index contributed by atoms with van der Waals surface area (Å²) < 4.78 is 0. The molecule has 14 heavy (non-hydrogen) atoms. The summed E-state index contributed by atoms with van der Waals surface area (Å²) in [6, 6.07) is 0. The van der Waals surface area contributed by atoms with Gasteiger partial charge in [-0.05, 0) is 27.7 Å². The highest BCUT2D eigenvalue weighted by atomic mass is 32.1. The summed E-state index contributed by atoms with van der Waals surface area (Å²) in [6.07, 6.45) is 0.654. The van der Waals surface area contributed by atoms with Gasteiger partial charge in [0.15, 0.2) is 0 Å². The van der Waals surface area contributed by atoms with Gasteiger partial charge in [-0.1, -0.05) is 0 Å². The number of nitrogens with two attached hydrogens (primary N) is 1. The third-order valence-corrected chi connectivity index (χ3v) is 2.33. The van der Waals surface area contributed by atoms with E-state index in [1.54, 1.807) is 11.3 Å². The summed E-state index contributed by atoms with van der Waals surface area (Å²) in [5.41, 5.74) is 6.73. The second-order valence-corrected chi connectivity index (χ2v) is 5.37. The lowest BCUT2D eigenvalue weighted by molar-refractivity contribution is 0.581. The molecular formula is C10H17N3S. The van der Waals surface area contributed by atoms with Crippen molar-refractivity contribution >= 4 is 17.2 Å². The Balaban J connectivity index is 2.66. The van der Waals surface area contributed by atoms with E-state index in [9.17, 15) is 0 Å². The first-order chi connectivity index (χ1) is 6.37. The first-order valence-electron chi connectivity index (χ1n) is 4.62. The molecule has 0 bridgehead atoms. The second-order valence-electron chi connectivity index (χ2n) is 4.31. The molecule has 2 N–H and O–H groups in total. The summed E-state index contributed by atoms with van der Waals surface area (Å²) in [5, 5.41) is 3.10. The largest absolute Gasteiger partial charge is 0.387 e. The van der Waals surface area contributed by atoms with E-state index in [1.165, 1.54) is 0 Å². The quantitative estimate of drug-likeness (QED) is 0.602. The Morgan fingerprint density at radius 2 is 2.21 bits per heavy atom. The summed E-state index contributed by atoms with van der Waals surface area (Å²) in [4.78, 5) is 8.71. The fraction of sp³-hybridized carbons (Fsp3) is 0.600. The minimum atomic E-state index is -0.102. The van der Waals surface area contributed by atoms with Gasteiger partial charge < -0.3 is 5.73 Å². The van der Waals surface area contributed by atoms with Crippen LogP contribution in [0.4, 0.5) is 0 Å². The van der Waals surface area contributed by atoms with E-state index in [0.717, 1.165) is 10.7 Å². The molecule has 0 aromatic carbocycles. The monoisotopic (exact) mass is 211 g/mol. The van der Waals surface area contributed by atoms with Gasteiger partial charge in [0.25, 0.3) is 0 Å². The highest BCUT2D eigenvalue weighted by Gasteiger charge is 2.09. The highest BCUT2D eigenvalue weighted by Crippen LogP contribution is 2.10. The molecule has 0 saturated heterocycles. The molecule has 1 aromatic rings. The first-order valence-corrected chi connectivity index (χ1v) is 5.50. The van der Waals surface area contributed by atoms with E-state index in [2.05, 4.69) is 9.98 Å². The lowest BCUT2D eigenvalue weighted by Gasteiger charge is -2.12. The predicted molar refractivity (Wildman–Crippen MR) is 61.9 cm³/mol. The summed E-state index contributed by atoms with van der Waals surface area (Å²) in [7, 11) is 0. The number of aromatic nitrogens is 1. The molecule has 0 aliphatic carbocycles. The van der Waals surface area contributed by atoms with Gasteiger partial charge in [-0.15, -0.1) is 11.3 Å². The Kier molecular flexibility index (Phi) is 3.26. The highest BCUT2D eigenvalue weighted by molar-refractivity contribution is 7.09. The molecule has 4 heteroatoms. The van der Waals surface area contributed by atoms with Crippen molar-refractivity contribution in [3.8, 4) is 0 Å². The Bertz CT molecular complexity index is 333. The van der Waals surface area contributed by atoms with Gasteiger partial charge in [0.2, 0.25) is 0 Å². The number of thiazole rings is 1. The second kappa shape index (κ2) is 4.09. The number of aliphatic imine (C=N–C) groups is 1. The van der Waals surface area contributed by atoms with Gasteiger partial charge >= 0.3 is 0 Å². The predicted octanol–water partition coefficient (Wildman–Crippen LogP) is 2.15. The third kappa shape index (κ3) is 3.87. The van der Waals surface area contributed by atoms with Gasteiger partial charge in [-0.3, -0.25) is 4.99 Å². The molecule has 3 nitrogen and oxygen atoms in total. The van der Waals surface area contributed by atoms with Crippen molar-refractivity contribution in [2.24, 2.45) is 10.7 Å². The molecular weight excluding hydrogens is 194 g/mol. The van der Waals surface area contributed by atoms with E-state index in [-0.39, 0.29) is 5.54 Å². The van der Waals surface area contributed by atoms with Crippen LogP contribution in [0, 0.1) is 6.92 Å². The molecule has 1 aromatic heterocycles. The van der Waals surface area contributed by atoms with Crippen molar-refractivity contribution in [2.75, 3.05) is 0 Å². The fourth-order valence-electron chi connectivity index (χ4n) is 1.15. The van der Waals surface area contributed by atoms with Crippen molar-refractivity contribution < 1.29 is 0 Å². The molecule has 1 rings (SSSR count). The van der Waals surface area contributed by atoms with Crippen LogP contribution in [-0.2, 0) is 6.42 Å². The van der Waals surface area contributed by atoms with Gasteiger partial charge in [0.1, 0.15) is 5.84 Å². The molecule has 0 spiro atoms. The number of aryl methyl sites for hydroxylation is 1. The summed E-state index contributed by atoms with van der Waals surface area (Å²) >= 11 is 1.64. The van der Waals surface area contributed by atoms with Crippen LogP contribution in [0.3, 0.4) is 0 Å². The summed E-state index contributed by atoms with van der Waals surface area (Å²) in [5.74, 6) is 0.655. The lowest BCUT2D eigenvalue weighted by atomic mass is 10.1. The Hall–Kier alpha value is -0.900. The maximum absolute atomic E-state index is 5.82. The molecule has 0 aliphatic rings. The normalized spacial score (nSPS) is 13.3. The molecule has 0 amide bonds. The van der Waals surface area contributed by atoms with Crippen molar-refractivity contribution in [1.29, 1.82) is 0 Å².